The molecule has 1 fully saturated rings. The minimum atomic E-state index is -0.521. The van der Waals surface area contributed by atoms with E-state index in [2.05, 4.69) is 4.90 Å². The summed E-state index contributed by atoms with van der Waals surface area (Å²) in [5.41, 5.74) is 7.85. The zero-order valence-electron chi connectivity index (χ0n) is 14.2. The second kappa shape index (κ2) is 8.25. The van der Waals surface area contributed by atoms with Crippen LogP contribution in [0, 0.1) is 0 Å². The van der Waals surface area contributed by atoms with Gasteiger partial charge in [0.05, 0.1) is 19.3 Å². The highest BCUT2D eigenvalue weighted by Gasteiger charge is 2.26. The van der Waals surface area contributed by atoms with Gasteiger partial charge < -0.3 is 15.6 Å². The Morgan fingerprint density at radius 3 is 2.80 bits per heavy atom. The summed E-state index contributed by atoms with van der Waals surface area (Å²) in [5, 5.41) is 10.5. The lowest BCUT2D eigenvalue weighted by atomic mass is 10.00. The number of hydrogen-bond donors (Lipinski definition) is 2. The number of carbonyl (C=O) groups excluding carboxylic acids is 1. The first-order valence-electron chi connectivity index (χ1n) is 8.57. The van der Waals surface area contributed by atoms with Gasteiger partial charge in [0.25, 0.3) is 0 Å². The number of rotatable bonds is 6. The predicted molar refractivity (Wildman–Crippen MR) is 96.0 cm³/mol. The maximum absolute atomic E-state index is 11.4. The number of benzene rings is 2. The standard InChI is InChI=1S/C20H24N2O3/c21-20(24)17-8-4-5-15(11-17)13-22-9-10-25-14-18(22)12-19(23)16-6-2-1-3-7-16/h1-8,11,18-19,23H,9-10,12-14H2,(H2,21,24). The van der Waals surface area contributed by atoms with Gasteiger partial charge in [-0.25, -0.2) is 0 Å². The highest BCUT2D eigenvalue weighted by molar-refractivity contribution is 5.92. The summed E-state index contributed by atoms with van der Waals surface area (Å²) >= 11 is 0. The van der Waals surface area contributed by atoms with Crippen LogP contribution in [0.5, 0.6) is 0 Å². The van der Waals surface area contributed by atoms with E-state index < -0.39 is 12.0 Å². The van der Waals surface area contributed by atoms with Gasteiger partial charge in [-0.05, 0) is 29.7 Å². The molecule has 3 rings (SSSR count). The summed E-state index contributed by atoms with van der Waals surface area (Å²) in [5.74, 6) is -0.417. The summed E-state index contributed by atoms with van der Waals surface area (Å²) in [6.07, 6.45) is 0.0897. The molecule has 1 saturated heterocycles. The number of ether oxygens (including phenoxy) is 1. The van der Waals surface area contributed by atoms with E-state index in [0.29, 0.717) is 31.7 Å². The van der Waals surface area contributed by atoms with E-state index in [1.165, 1.54) is 0 Å². The fourth-order valence-corrected chi connectivity index (χ4v) is 3.24. The summed E-state index contributed by atoms with van der Waals surface area (Å²) in [6.45, 7) is 2.77. The molecular formula is C20H24N2O3. The van der Waals surface area contributed by atoms with Crippen molar-refractivity contribution in [2.24, 2.45) is 5.73 Å². The number of amides is 1. The lowest BCUT2D eigenvalue weighted by Crippen LogP contribution is -2.45. The molecule has 0 aromatic heterocycles. The Morgan fingerprint density at radius 1 is 1.24 bits per heavy atom. The second-order valence-corrected chi connectivity index (χ2v) is 6.43. The smallest absolute Gasteiger partial charge is 0.248 e. The lowest BCUT2D eigenvalue weighted by Gasteiger charge is -2.36. The van der Waals surface area contributed by atoms with Crippen LogP contribution in [0.4, 0.5) is 0 Å². The van der Waals surface area contributed by atoms with E-state index in [1.807, 2.05) is 48.5 Å². The number of hydrogen-bond acceptors (Lipinski definition) is 4. The van der Waals surface area contributed by atoms with Gasteiger partial charge in [0.2, 0.25) is 5.91 Å². The van der Waals surface area contributed by atoms with E-state index in [0.717, 1.165) is 17.7 Å². The number of primary amides is 1. The van der Waals surface area contributed by atoms with Crippen molar-refractivity contribution in [1.82, 2.24) is 4.90 Å². The Labute approximate surface area is 148 Å². The molecule has 132 valence electrons. The van der Waals surface area contributed by atoms with Crippen LogP contribution in [-0.2, 0) is 11.3 Å². The third kappa shape index (κ3) is 4.66. The predicted octanol–water partition coefficient (Wildman–Crippen LogP) is 2.11. The molecule has 5 heteroatoms. The molecule has 0 saturated carbocycles. The van der Waals surface area contributed by atoms with Crippen molar-refractivity contribution in [3.8, 4) is 0 Å². The number of morpholine rings is 1. The molecule has 0 spiro atoms. The maximum Gasteiger partial charge on any atom is 0.248 e. The van der Waals surface area contributed by atoms with E-state index in [4.69, 9.17) is 10.5 Å². The molecule has 0 radical (unpaired) electrons. The summed E-state index contributed by atoms with van der Waals surface area (Å²) in [6, 6.07) is 17.2. The molecule has 5 nitrogen and oxygen atoms in total. The van der Waals surface area contributed by atoms with Crippen molar-refractivity contribution in [2.75, 3.05) is 19.8 Å². The molecule has 2 unspecified atom stereocenters. The molecule has 25 heavy (non-hydrogen) atoms. The van der Waals surface area contributed by atoms with Gasteiger partial charge in [-0.1, -0.05) is 42.5 Å². The summed E-state index contributed by atoms with van der Waals surface area (Å²) < 4.78 is 5.62. The SMILES string of the molecule is NC(=O)c1cccc(CN2CCOCC2CC(O)c2ccccc2)c1. The van der Waals surface area contributed by atoms with Crippen molar-refractivity contribution in [2.45, 2.75) is 25.1 Å². The molecule has 2 aromatic carbocycles. The van der Waals surface area contributed by atoms with Crippen LogP contribution in [-0.4, -0.2) is 41.7 Å². The van der Waals surface area contributed by atoms with Crippen LogP contribution < -0.4 is 5.73 Å². The number of aliphatic hydroxyl groups is 1. The monoisotopic (exact) mass is 340 g/mol. The largest absolute Gasteiger partial charge is 0.388 e. The lowest BCUT2D eigenvalue weighted by molar-refractivity contribution is -0.0300. The highest BCUT2D eigenvalue weighted by atomic mass is 16.5. The van der Waals surface area contributed by atoms with Gasteiger partial charge in [-0.15, -0.1) is 0 Å². The fraction of sp³-hybridized carbons (Fsp3) is 0.350. The summed E-state index contributed by atoms with van der Waals surface area (Å²) in [7, 11) is 0. The highest BCUT2D eigenvalue weighted by Crippen LogP contribution is 2.24. The molecule has 1 amide bonds. The molecule has 0 aliphatic carbocycles. The first-order valence-corrected chi connectivity index (χ1v) is 8.57. The van der Waals surface area contributed by atoms with Gasteiger partial charge in [0, 0.05) is 24.7 Å². The van der Waals surface area contributed by atoms with Crippen molar-refractivity contribution in [3.05, 3.63) is 71.3 Å². The Morgan fingerprint density at radius 2 is 2.04 bits per heavy atom. The molecule has 1 aliphatic heterocycles. The molecular weight excluding hydrogens is 316 g/mol. The van der Waals surface area contributed by atoms with Crippen molar-refractivity contribution < 1.29 is 14.6 Å². The number of carbonyl (C=O) groups is 1. The molecule has 1 aliphatic rings. The molecule has 0 bridgehead atoms. The Balaban J connectivity index is 1.68. The van der Waals surface area contributed by atoms with Crippen LogP contribution >= 0.6 is 0 Å². The van der Waals surface area contributed by atoms with Gasteiger partial charge in [0.15, 0.2) is 0 Å². The maximum atomic E-state index is 11.4. The van der Waals surface area contributed by atoms with E-state index in [1.54, 1.807) is 6.07 Å². The first-order chi connectivity index (χ1) is 12.1. The van der Waals surface area contributed by atoms with Crippen molar-refractivity contribution >= 4 is 5.91 Å². The molecule has 2 aromatic rings. The second-order valence-electron chi connectivity index (χ2n) is 6.43. The minimum absolute atomic E-state index is 0.126. The zero-order valence-corrected chi connectivity index (χ0v) is 14.2. The van der Waals surface area contributed by atoms with Crippen molar-refractivity contribution in [1.29, 1.82) is 0 Å². The molecule has 1 heterocycles. The van der Waals surface area contributed by atoms with E-state index in [9.17, 15) is 9.90 Å². The molecule has 2 atom stereocenters. The average Bonchev–Trinajstić information content (AvgIpc) is 2.64. The quantitative estimate of drug-likeness (QED) is 0.844. The van der Waals surface area contributed by atoms with Gasteiger partial charge in [0.1, 0.15) is 0 Å². The van der Waals surface area contributed by atoms with E-state index >= 15 is 0 Å². The molecule has 3 N–H and O–H groups in total. The van der Waals surface area contributed by atoms with Gasteiger partial charge in [-0.2, -0.15) is 0 Å². The average molecular weight is 340 g/mol. The normalized spacial score (nSPS) is 19.5. The first kappa shape index (κ1) is 17.6. The zero-order chi connectivity index (χ0) is 17.6. The topological polar surface area (TPSA) is 75.8 Å². The minimum Gasteiger partial charge on any atom is -0.388 e. The fourth-order valence-electron chi connectivity index (χ4n) is 3.24. The van der Waals surface area contributed by atoms with Crippen molar-refractivity contribution in [3.63, 3.8) is 0 Å². The Bertz CT molecular complexity index is 705. The van der Waals surface area contributed by atoms with Crippen LogP contribution in [0.25, 0.3) is 0 Å². The number of aliphatic hydroxyl groups excluding tert-OH is 1. The number of nitrogens with two attached hydrogens (primary N) is 1. The third-order valence-electron chi connectivity index (χ3n) is 4.63. The Hall–Kier alpha value is -2.21. The van der Waals surface area contributed by atoms with Gasteiger partial charge in [-0.3, -0.25) is 9.69 Å². The third-order valence-corrected chi connectivity index (χ3v) is 4.63. The van der Waals surface area contributed by atoms with Crippen LogP contribution in [0.1, 0.15) is 34.0 Å². The van der Waals surface area contributed by atoms with Gasteiger partial charge >= 0.3 is 0 Å². The van der Waals surface area contributed by atoms with Crippen LogP contribution in [0.3, 0.4) is 0 Å². The summed E-state index contributed by atoms with van der Waals surface area (Å²) in [4.78, 5) is 13.7. The Kier molecular flexibility index (Phi) is 5.81. The van der Waals surface area contributed by atoms with Crippen LogP contribution in [0.2, 0.25) is 0 Å². The van der Waals surface area contributed by atoms with Crippen LogP contribution in [0.15, 0.2) is 54.6 Å². The van der Waals surface area contributed by atoms with E-state index in [-0.39, 0.29) is 6.04 Å². The number of nitrogens with zero attached hydrogens (tertiary/aromatic N) is 1.